The highest BCUT2D eigenvalue weighted by atomic mass is 31.2. The smallest absolute Gasteiger partial charge is 0.284 e. The zero-order valence-corrected chi connectivity index (χ0v) is 13.6. The zero-order valence-electron chi connectivity index (χ0n) is 12.7. The van der Waals surface area contributed by atoms with Gasteiger partial charge in [0.25, 0.3) is 0 Å². The van der Waals surface area contributed by atoms with Gasteiger partial charge in [-0.2, -0.15) is 13.2 Å². The molecular formula is C12H24F3O4P. The fourth-order valence-corrected chi connectivity index (χ4v) is 2.67. The summed E-state index contributed by atoms with van der Waals surface area (Å²) in [4.78, 5) is 0. The lowest BCUT2D eigenvalue weighted by Crippen LogP contribution is -2.23. The van der Waals surface area contributed by atoms with E-state index in [0.29, 0.717) is 0 Å². The molecule has 0 aliphatic carbocycles. The van der Waals surface area contributed by atoms with Crippen molar-refractivity contribution >= 4 is 7.82 Å². The van der Waals surface area contributed by atoms with Gasteiger partial charge in [-0.25, -0.2) is 4.57 Å². The first kappa shape index (κ1) is 19.9. The maximum atomic E-state index is 12.3. The first-order valence-electron chi connectivity index (χ1n) is 6.54. The van der Waals surface area contributed by atoms with Crippen LogP contribution in [-0.4, -0.2) is 25.0 Å². The number of phosphoric acid groups is 1. The molecule has 2 unspecified atom stereocenters. The second kappa shape index (κ2) is 7.78. The quantitative estimate of drug-likeness (QED) is 0.603. The summed E-state index contributed by atoms with van der Waals surface area (Å²) in [5.74, 6) is -0.0634. The van der Waals surface area contributed by atoms with Crippen LogP contribution in [0.2, 0.25) is 0 Å². The van der Waals surface area contributed by atoms with Crippen LogP contribution in [0.4, 0.5) is 13.2 Å². The van der Waals surface area contributed by atoms with Crippen molar-refractivity contribution in [2.75, 3.05) is 6.61 Å². The third-order valence-corrected chi connectivity index (χ3v) is 4.48. The van der Waals surface area contributed by atoms with Crippen molar-refractivity contribution in [2.24, 2.45) is 11.8 Å². The number of alkyl halides is 3. The van der Waals surface area contributed by atoms with Gasteiger partial charge in [0.1, 0.15) is 0 Å². The molecule has 0 saturated carbocycles. The molecular weight excluding hydrogens is 296 g/mol. The summed E-state index contributed by atoms with van der Waals surface area (Å²) in [5.41, 5.74) is 0. The Hall–Kier alpha value is -0.100. The minimum absolute atomic E-state index is 0.0317. The summed E-state index contributed by atoms with van der Waals surface area (Å²) >= 11 is 0. The van der Waals surface area contributed by atoms with Crippen molar-refractivity contribution in [3.63, 3.8) is 0 Å². The van der Waals surface area contributed by atoms with Gasteiger partial charge in [0.15, 0.2) is 6.61 Å². The van der Waals surface area contributed by atoms with Gasteiger partial charge in [0.2, 0.25) is 0 Å². The monoisotopic (exact) mass is 320 g/mol. The Labute approximate surface area is 118 Å². The summed E-state index contributed by atoms with van der Waals surface area (Å²) < 4.78 is 63.7. The third kappa shape index (κ3) is 8.25. The van der Waals surface area contributed by atoms with Crippen LogP contribution in [-0.2, 0) is 18.1 Å². The highest BCUT2D eigenvalue weighted by Gasteiger charge is 2.38. The highest BCUT2D eigenvalue weighted by molar-refractivity contribution is 7.48. The van der Waals surface area contributed by atoms with Gasteiger partial charge in [-0.3, -0.25) is 13.6 Å². The Kier molecular flexibility index (Phi) is 7.74. The van der Waals surface area contributed by atoms with Crippen LogP contribution in [0.3, 0.4) is 0 Å². The normalized spacial score (nSPS) is 19.1. The topological polar surface area (TPSA) is 44.8 Å². The number of phosphoric ester groups is 1. The van der Waals surface area contributed by atoms with Gasteiger partial charge in [0.05, 0.1) is 12.2 Å². The molecule has 20 heavy (non-hydrogen) atoms. The number of rotatable bonds is 8. The lowest BCUT2D eigenvalue weighted by Gasteiger charge is -2.27. The van der Waals surface area contributed by atoms with Crippen LogP contribution in [0.15, 0.2) is 0 Å². The summed E-state index contributed by atoms with van der Waals surface area (Å²) in [6, 6.07) is 0. The van der Waals surface area contributed by atoms with Crippen LogP contribution in [0, 0.1) is 11.8 Å². The highest BCUT2D eigenvalue weighted by Crippen LogP contribution is 2.53. The Morgan fingerprint density at radius 3 is 1.50 bits per heavy atom. The number of hydrogen-bond donors (Lipinski definition) is 0. The molecule has 0 N–H and O–H groups in total. The molecule has 2 atom stereocenters. The van der Waals surface area contributed by atoms with Crippen LogP contribution in [0.5, 0.6) is 0 Å². The molecule has 0 fully saturated rings. The molecule has 0 aromatic rings. The van der Waals surface area contributed by atoms with E-state index in [1.165, 1.54) is 0 Å². The molecule has 122 valence electrons. The van der Waals surface area contributed by atoms with Crippen LogP contribution < -0.4 is 0 Å². The van der Waals surface area contributed by atoms with Crippen LogP contribution >= 0.6 is 7.82 Å². The number of hydrogen-bond acceptors (Lipinski definition) is 4. The first-order valence-corrected chi connectivity index (χ1v) is 8.00. The Morgan fingerprint density at radius 1 is 0.900 bits per heavy atom. The van der Waals surface area contributed by atoms with Gasteiger partial charge in [-0.1, -0.05) is 27.7 Å². The predicted octanol–water partition coefficient (Wildman–Crippen LogP) is 4.80. The molecule has 0 aromatic carbocycles. The Bertz CT molecular complexity index is 311. The van der Waals surface area contributed by atoms with E-state index in [9.17, 15) is 17.7 Å². The van der Waals surface area contributed by atoms with E-state index >= 15 is 0 Å². The molecule has 0 aromatic heterocycles. The van der Waals surface area contributed by atoms with Crippen molar-refractivity contribution in [2.45, 2.75) is 59.9 Å². The van der Waals surface area contributed by atoms with Crippen molar-refractivity contribution in [1.82, 2.24) is 0 Å². The van der Waals surface area contributed by atoms with E-state index in [0.717, 1.165) is 0 Å². The van der Waals surface area contributed by atoms with Crippen molar-refractivity contribution < 1.29 is 31.3 Å². The van der Waals surface area contributed by atoms with E-state index in [1.54, 1.807) is 41.5 Å². The summed E-state index contributed by atoms with van der Waals surface area (Å²) in [6.07, 6.45) is -5.69. The maximum Gasteiger partial charge on any atom is 0.475 e. The number of halogens is 3. The fraction of sp³-hybridized carbons (Fsp3) is 1.00. The van der Waals surface area contributed by atoms with Gasteiger partial charge < -0.3 is 0 Å². The fourth-order valence-electron chi connectivity index (χ4n) is 0.889. The van der Waals surface area contributed by atoms with Crippen molar-refractivity contribution in [3.8, 4) is 0 Å². The van der Waals surface area contributed by atoms with Gasteiger partial charge in [-0.05, 0) is 25.7 Å². The molecule has 0 spiro atoms. The molecule has 0 radical (unpaired) electrons. The lowest BCUT2D eigenvalue weighted by atomic mass is 10.1. The average Bonchev–Trinajstić information content (AvgIpc) is 2.25. The molecule has 0 bridgehead atoms. The van der Waals surface area contributed by atoms with Crippen molar-refractivity contribution in [1.29, 1.82) is 0 Å². The predicted molar refractivity (Wildman–Crippen MR) is 70.4 cm³/mol. The molecule has 0 heterocycles. The summed E-state index contributed by atoms with van der Waals surface area (Å²) in [6.45, 7) is 8.74. The average molecular weight is 320 g/mol. The second-order valence-corrected chi connectivity index (χ2v) is 7.02. The zero-order chi connectivity index (χ0) is 16.1. The molecule has 0 amide bonds. The first-order chi connectivity index (χ1) is 8.86. The third-order valence-electron chi connectivity index (χ3n) is 2.85. The summed E-state index contributed by atoms with van der Waals surface area (Å²) in [5, 5.41) is 0. The second-order valence-electron chi connectivity index (χ2n) is 5.44. The molecule has 0 aliphatic rings. The summed E-state index contributed by atoms with van der Waals surface area (Å²) in [7, 11) is -4.26. The Balaban J connectivity index is 4.88. The van der Waals surface area contributed by atoms with Crippen LogP contribution in [0.1, 0.15) is 41.5 Å². The maximum absolute atomic E-state index is 12.3. The Morgan fingerprint density at radius 2 is 1.25 bits per heavy atom. The molecule has 0 rings (SSSR count). The minimum Gasteiger partial charge on any atom is -0.284 e. The van der Waals surface area contributed by atoms with E-state index in [-0.39, 0.29) is 11.8 Å². The SMILES string of the molecule is CC(C)C(C)OP(=O)(OCC(F)(F)F)OC(C)C(C)C. The largest absolute Gasteiger partial charge is 0.475 e. The van der Waals surface area contributed by atoms with Gasteiger partial charge >= 0.3 is 14.0 Å². The molecule has 4 nitrogen and oxygen atoms in total. The van der Waals surface area contributed by atoms with Gasteiger partial charge in [0, 0.05) is 0 Å². The molecule has 0 saturated heterocycles. The van der Waals surface area contributed by atoms with E-state index in [2.05, 4.69) is 4.52 Å². The molecule has 0 aliphatic heterocycles. The van der Waals surface area contributed by atoms with E-state index in [1.807, 2.05) is 0 Å². The van der Waals surface area contributed by atoms with E-state index in [4.69, 9.17) is 9.05 Å². The standard InChI is InChI=1S/C12H24F3O4P/c1-8(2)10(5)18-20(16,17-7-12(13,14)15)19-11(6)9(3)4/h8-11H,7H2,1-6H3. The van der Waals surface area contributed by atoms with Gasteiger partial charge in [-0.15, -0.1) is 0 Å². The lowest BCUT2D eigenvalue weighted by molar-refractivity contribution is -0.160. The van der Waals surface area contributed by atoms with Crippen molar-refractivity contribution in [3.05, 3.63) is 0 Å². The molecule has 8 heteroatoms. The minimum atomic E-state index is -4.59. The van der Waals surface area contributed by atoms with E-state index < -0.39 is 32.8 Å². The van der Waals surface area contributed by atoms with Crippen LogP contribution in [0.25, 0.3) is 0 Å².